The molecule has 0 N–H and O–H groups in total. The first-order chi connectivity index (χ1) is 12.1. The van der Waals surface area contributed by atoms with Crippen LogP contribution in [-0.2, 0) is 4.74 Å². The Morgan fingerprint density at radius 3 is 2.44 bits per heavy atom. The molecule has 25 heavy (non-hydrogen) atoms. The second kappa shape index (κ2) is 7.25. The summed E-state index contributed by atoms with van der Waals surface area (Å²) in [5.41, 5.74) is 3.88. The van der Waals surface area contributed by atoms with Crippen molar-refractivity contribution in [2.45, 2.75) is 13.8 Å². The summed E-state index contributed by atoms with van der Waals surface area (Å²) in [5, 5.41) is 0. The normalized spacial score (nSPS) is 10.7. The number of aromatic nitrogens is 2. The van der Waals surface area contributed by atoms with Crippen molar-refractivity contribution in [3.63, 3.8) is 0 Å². The van der Waals surface area contributed by atoms with Gasteiger partial charge in [0.05, 0.1) is 19.0 Å². The van der Waals surface area contributed by atoms with Gasteiger partial charge in [0.2, 0.25) is 0 Å². The maximum atomic E-state index is 11.2. The van der Waals surface area contributed by atoms with Gasteiger partial charge in [-0.1, -0.05) is 12.1 Å². The molecule has 0 atom stereocenters. The second-order valence-electron chi connectivity index (χ2n) is 5.53. The molecule has 0 aliphatic heterocycles. The molecule has 0 saturated heterocycles. The van der Waals surface area contributed by atoms with Crippen LogP contribution in [0.1, 0.15) is 13.8 Å². The number of benzene rings is 1. The van der Waals surface area contributed by atoms with Gasteiger partial charge in [-0.05, 0) is 38.1 Å². The van der Waals surface area contributed by atoms with Gasteiger partial charge in [-0.25, -0.2) is 9.78 Å². The monoisotopic (exact) mass is 339 g/mol. The minimum atomic E-state index is -0.744. The number of methoxy groups -OCH3 is 1. The number of fused-ring (bicyclic) bond motifs is 1. The topological polar surface area (TPSA) is 56.1 Å². The number of rotatable bonds is 5. The van der Waals surface area contributed by atoms with Crippen LogP contribution in [0.5, 0.6) is 5.75 Å². The number of hydrogen-bond donors (Lipinski definition) is 0. The van der Waals surface area contributed by atoms with E-state index in [0.717, 1.165) is 30.0 Å². The maximum absolute atomic E-state index is 11.2. The summed E-state index contributed by atoms with van der Waals surface area (Å²) < 4.78 is 11.4. The van der Waals surface area contributed by atoms with Gasteiger partial charge in [-0.3, -0.25) is 0 Å². The SMILES string of the molecule is CCN(CC)c1ccc(-c2cn3cc(OC(=O)OC)ccc3n2)cc1. The molecule has 130 valence electrons. The number of carbonyl (C=O) groups is 1. The highest BCUT2D eigenvalue weighted by Crippen LogP contribution is 2.24. The van der Waals surface area contributed by atoms with E-state index in [1.807, 2.05) is 10.6 Å². The summed E-state index contributed by atoms with van der Waals surface area (Å²) >= 11 is 0. The average molecular weight is 339 g/mol. The van der Waals surface area contributed by atoms with Crippen molar-refractivity contribution in [1.82, 2.24) is 9.38 Å². The average Bonchev–Trinajstić information content (AvgIpc) is 3.06. The van der Waals surface area contributed by atoms with Gasteiger partial charge in [0.15, 0.2) is 5.75 Å². The number of ether oxygens (including phenoxy) is 2. The molecule has 3 rings (SSSR count). The highest BCUT2D eigenvalue weighted by molar-refractivity contribution is 5.67. The van der Waals surface area contributed by atoms with Crippen molar-refractivity contribution >= 4 is 17.5 Å². The van der Waals surface area contributed by atoms with Gasteiger partial charge in [-0.15, -0.1) is 0 Å². The lowest BCUT2D eigenvalue weighted by atomic mass is 10.1. The minimum absolute atomic E-state index is 0.403. The molecule has 0 unspecified atom stereocenters. The molecule has 0 radical (unpaired) electrons. The smallest absolute Gasteiger partial charge is 0.437 e. The Balaban J connectivity index is 1.87. The zero-order valence-corrected chi connectivity index (χ0v) is 14.6. The van der Waals surface area contributed by atoms with Gasteiger partial charge < -0.3 is 18.8 Å². The number of carbonyl (C=O) groups excluding carboxylic acids is 1. The van der Waals surface area contributed by atoms with Crippen LogP contribution in [0.15, 0.2) is 48.8 Å². The van der Waals surface area contributed by atoms with E-state index in [1.54, 1.807) is 18.3 Å². The van der Waals surface area contributed by atoms with Crippen molar-refractivity contribution in [3.05, 3.63) is 48.8 Å². The largest absolute Gasteiger partial charge is 0.513 e. The van der Waals surface area contributed by atoms with E-state index >= 15 is 0 Å². The fraction of sp³-hybridized carbons (Fsp3) is 0.263. The summed E-state index contributed by atoms with van der Waals surface area (Å²) in [6, 6.07) is 11.8. The predicted octanol–water partition coefficient (Wildman–Crippen LogP) is 3.99. The standard InChI is InChI=1S/C19H21N3O3/c1-4-21(5-2)15-8-6-14(7-9-15)17-13-22-12-16(25-19(23)24-3)10-11-18(22)20-17/h6-13H,4-5H2,1-3H3. The Morgan fingerprint density at radius 2 is 1.80 bits per heavy atom. The molecule has 0 saturated carbocycles. The third kappa shape index (κ3) is 3.57. The van der Waals surface area contributed by atoms with E-state index in [1.165, 1.54) is 12.8 Å². The molecular weight excluding hydrogens is 318 g/mol. The number of anilines is 1. The maximum Gasteiger partial charge on any atom is 0.513 e. The second-order valence-corrected chi connectivity index (χ2v) is 5.53. The van der Waals surface area contributed by atoms with Crippen LogP contribution in [0.4, 0.5) is 10.5 Å². The van der Waals surface area contributed by atoms with Crippen LogP contribution in [-0.4, -0.2) is 35.7 Å². The molecule has 0 bridgehead atoms. The summed E-state index contributed by atoms with van der Waals surface area (Å²) in [4.78, 5) is 18.1. The van der Waals surface area contributed by atoms with Crippen LogP contribution in [0, 0.1) is 0 Å². The first-order valence-electron chi connectivity index (χ1n) is 8.24. The quantitative estimate of drug-likeness (QED) is 0.658. The molecule has 2 heterocycles. The first-order valence-corrected chi connectivity index (χ1v) is 8.24. The zero-order valence-electron chi connectivity index (χ0n) is 14.6. The van der Waals surface area contributed by atoms with Gasteiger partial charge in [0.1, 0.15) is 5.65 Å². The Labute approximate surface area is 146 Å². The van der Waals surface area contributed by atoms with E-state index in [-0.39, 0.29) is 0 Å². The van der Waals surface area contributed by atoms with Crippen LogP contribution in [0.2, 0.25) is 0 Å². The Hall–Kier alpha value is -3.02. The van der Waals surface area contributed by atoms with E-state index in [9.17, 15) is 4.79 Å². The summed E-state index contributed by atoms with van der Waals surface area (Å²) in [7, 11) is 1.28. The van der Waals surface area contributed by atoms with Crippen molar-refractivity contribution in [1.29, 1.82) is 0 Å². The van der Waals surface area contributed by atoms with E-state index in [4.69, 9.17) is 4.74 Å². The molecule has 0 spiro atoms. The van der Waals surface area contributed by atoms with E-state index in [0.29, 0.717) is 5.75 Å². The minimum Gasteiger partial charge on any atom is -0.437 e. The molecule has 0 aliphatic carbocycles. The Morgan fingerprint density at radius 1 is 1.08 bits per heavy atom. The molecule has 0 amide bonds. The van der Waals surface area contributed by atoms with Crippen LogP contribution < -0.4 is 9.64 Å². The van der Waals surface area contributed by atoms with E-state index in [2.05, 4.69) is 52.7 Å². The third-order valence-electron chi connectivity index (χ3n) is 4.08. The third-order valence-corrected chi connectivity index (χ3v) is 4.08. The summed E-state index contributed by atoms with van der Waals surface area (Å²) in [6.45, 7) is 6.25. The first kappa shape index (κ1) is 16.8. The molecule has 6 heteroatoms. The van der Waals surface area contributed by atoms with Crippen LogP contribution >= 0.6 is 0 Å². The molecule has 2 aromatic heterocycles. The van der Waals surface area contributed by atoms with Crippen LogP contribution in [0.25, 0.3) is 16.9 Å². The lowest BCUT2D eigenvalue weighted by molar-refractivity contribution is 0.121. The fourth-order valence-electron chi connectivity index (χ4n) is 2.74. The summed E-state index contributed by atoms with van der Waals surface area (Å²) in [6.07, 6.45) is 2.87. The van der Waals surface area contributed by atoms with Crippen molar-refractivity contribution in [2.75, 3.05) is 25.1 Å². The Bertz CT molecular complexity index is 867. The number of hydrogen-bond acceptors (Lipinski definition) is 5. The number of nitrogens with zero attached hydrogens (tertiary/aromatic N) is 3. The van der Waals surface area contributed by atoms with Crippen molar-refractivity contribution in [3.8, 4) is 17.0 Å². The number of pyridine rings is 1. The predicted molar refractivity (Wildman–Crippen MR) is 97.2 cm³/mol. The van der Waals surface area contributed by atoms with E-state index < -0.39 is 6.16 Å². The number of imidazole rings is 1. The molecular formula is C19H21N3O3. The van der Waals surface area contributed by atoms with Crippen molar-refractivity contribution < 1.29 is 14.3 Å². The Kier molecular flexibility index (Phi) is 4.88. The molecule has 1 aromatic carbocycles. The van der Waals surface area contributed by atoms with Crippen molar-refractivity contribution in [2.24, 2.45) is 0 Å². The molecule has 0 fully saturated rings. The van der Waals surface area contributed by atoms with Gasteiger partial charge >= 0.3 is 6.16 Å². The lowest BCUT2D eigenvalue weighted by Gasteiger charge is -2.20. The van der Waals surface area contributed by atoms with Gasteiger partial charge in [0, 0.05) is 30.5 Å². The lowest BCUT2D eigenvalue weighted by Crippen LogP contribution is -2.21. The van der Waals surface area contributed by atoms with Gasteiger partial charge in [-0.2, -0.15) is 0 Å². The fourth-order valence-corrected chi connectivity index (χ4v) is 2.74. The highest BCUT2D eigenvalue weighted by Gasteiger charge is 2.09. The van der Waals surface area contributed by atoms with Crippen LogP contribution in [0.3, 0.4) is 0 Å². The van der Waals surface area contributed by atoms with Gasteiger partial charge in [0.25, 0.3) is 0 Å². The zero-order chi connectivity index (χ0) is 17.8. The molecule has 0 aliphatic rings. The molecule has 6 nitrogen and oxygen atoms in total. The highest BCUT2D eigenvalue weighted by atomic mass is 16.7. The summed E-state index contributed by atoms with van der Waals surface area (Å²) in [5.74, 6) is 0.403. The molecule has 3 aromatic rings.